The number of hydrogen-bond acceptors (Lipinski definition) is 6. The molecule has 0 amide bonds. The molecule has 1 aromatic rings. The highest BCUT2D eigenvalue weighted by Gasteiger charge is 2.49. The summed E-state index contributed by atoms with van der Waals surface area (Å²) in [6.45, 7) is 19.6. The molecule has 0 heterocycles. The fraction of sp³-hybridized carbons (Fsp3) is 0.727. The van der Waals surface area contributed by atoms with Crippen molar-refractivity contribution in [2.75, 3.05) is 39.6 Å². The SMILES string of the molecule is CCO[Si](OCC)(OCC)C(C)c1ccc(C(C)[Si](OCC)(OCC)OCC)cc1. The van der Waals surface area contributed by atoms with Gasteiger partial charge in [-0.25, -0.2) is 0 Å². The molecule has 0 aliphatic rings. The van der Waals surface area contributed by atoms with Crippen LogP contribution < -0.4 is 0 Å². The molecule has 2 unspecified atom stereocenters. The van der Waals surface area contributed by atoms with Crippen LogP contribution in [0.4, 0.5) is 0 Å². The first-order valence-electron chi connectivity index (χ1n) is 11.3. The molecule has 0 fully saturated rings. The van der Waals surface area contributed by atoms with E-state index in [1.165, 1.54) is 0 Å². The van der Waals surface area contributed by atoms with Crippen LogP contribution in [0.5, 0.6) is 0 Å². The number of rotatable bonds is 16. The van der Waals surface area contributed by atoms with Gasteiger partial charge in [-0.2, -0.15) is 0 Å². The quantitative estimate of drug-likeness (QED) is 0.322. The van der Waals surface area contributed by atoms with Gasteiger partial charge in [0.05, 0.1) is 11.1 Å². The Morgan fingerprint density at radius 1 is 0.500 bits per heavy atom. The normalized spacial score (nSPS) is 14.7. The Hall–Kier alpha value is -0.586. The summed E-state index contributed by atoms with van der Waals surface area (Å²) in [7, 11) is -5.65. The third-order valence-corrected chi connectivity index (χ3v) is 12.0. The molecular weight excluding hydrogens is 416 g/mol. The zero-order valence-corrected chi connectivity index (χ0v) is 22.2. The Labute approximate surface area is 185 Å². The maximum absolute atomic E-state index is 6.10. The third-order valence-electron chi connectivity index (χ3n) is 5.07. The van der Waals surface area contributed by atoms with Gasteiger partial charge in [-0.05, 0) is 52.7 Å². The monoisotopic (exact) mass is 458 g/mol. The molecule has 0 spiro atoms. The summed E-state index contributed by atoms with van der Waals surface area (Å²) < 4.78 is 36.6. The molecule has 6 nitrogen and oxygen atoms in total. The minimum absolute atomic E-state index is 0.0365. The van der Waals surface area contributed by atoms with Crippen LogP contribution in [0.1, 0.15) is 77.6 Å². The molecule has 2 atom stereocenters. The molecule has 0 saturated carbocycles. The zero-order chi connectivity index (χ0) is 22.6. The summed E-state index contributed by atoms with van der Waals surface area (Å²) >= 11 is 0. The average Bonchev–Trinajstić information content (AvgIpc) is 2.74. The van der Waals surface area contributed by atoms with Gasteiger partial charge in [-0.15, -0.1) is 0 Å². The van der Waals surface area contributed by atoms with Crippen LogP contribution in [0.15, 0.2) is 24.3 Å². The van der Waals surface area contributed by atoms with E-state index in [1.54, 1.807) is 0 Å². The molecule has 30 heavy (non-hydrogen) atoms. The van der Waals surface area contributed by atoms with Crippen LogP contribution >= 0.6 is 0 Å². The van der Waals surface area contributed by atoms with Crippen LogP contribution in [0.25, 0.3) is 0 Å². The minimum Gasteiger partial charge on any atom is -0.373 e. The summed E-state index contributed by atoms with van der Waals surface area (Å²) in [5.74, 6) is 0. The summed E-state index contributed by atoms with van der Waals surface area (Å²) in [6, 6.07) is 8.55. The van der Waals surface area contributed by atoms with Gasteiger partial charge in [0.2, 0.25) is 0 Å². The zero-order valence-electron chi connectivity index (χ0n) is 20.2. The Kier molecular flexibility index (Phi) is 12.6. The molecule has 0 radical (unpaired) electrons. The van der Waals surface area contributed by atoms with Crippen molar-refractivity contribution < 1.29 is 26.6 Å². The van der Waals surface area contributed by atoms with E-state index >= 15 is 0 Å². The lowest BCUT2D eigenvalue weighted by molar-refractivity contribution is 0.0623. The maximum Gasteiger partial charge on any atom is 0.508 e. The van der Waals surface area contributed by atoms with Gasteiger partial charge < -0.3 is 26.6 Å². The average molecular weight is 459 g/mol. The fourth-order valence-corrected chi connectivity index (χ4v) is 9.30. The highest BCUT2D eigenvalue weighted by atomic mass is 28.4. The van der Waals surface area contributed by atoms with Gasteiger partial charge in [0.25, 0.3) is 0 Å². The third kappa shape index (κ3) is 6.70. The summed E-state index contributed by atoms with van der Waals surface area (Å²) in [4.78, 5) is 0. The van der Waals surface area contributed by atoms with Gasteiger partial charge in [0, 0.05) is 39.6 Å². The van der Waals surface area contributed by atoms with Gasteiger partial charge in [-0.1, -0.05) is 38.1 Å². The number of hydrogen-bond donors (Lipinski definition) is 0. The Bertz CT molecular complexity index is 498. The largest absolute Gasteiger partial charge is 0.508 e. The van der Waals surface area contributed by atoms with E-state index in [2.05, 4.69) is 38.1 Å². The van der Waals surface area contributed by atoms with Gasteiger partial charge in [0.15, 0.2) is 0 Å². The van der Waals surface area contributed by atoms with E-state index in [-0.39, 0.29) is 11.1 Å². The van der Waals surface area contributed by atoms with E-state index in [9.17, 15) is 0 Å². The Morgan fingerprint density at radius 3 is 0.867 bits per heavy atom. The van der Waals surface area contributed by atoms with Crippen LogP contribution in [-0.2, 0) is 26.6 Å². The summed E-state index contributed by atoms with van der Waals surface area (Å²) in [5.41, 5.74) is 2.36. The van der Waals surface area contributed by atoms with Crippen molar-refractivity contribution in [2.24, 2.45) is 0 Å². The molecule has 1 aromatic carbocycles. The predicted molar refractivity (Wildman–Crippen MR) is 125 cm³/mol. The first kappa shape index (κ1) is 27.4. The van der Waals surface area contributed by atoms with Crippen molar-refractivity contribution in [1.29, 1.82) is 0 Å². The first-order chi connectivity index (χ1) is 14.4. The maximum atomic E-state index is 6.10. The van der Waals surface area contributed by atoms with E-state index in [4.69, 9.17) is 26.6 Å². The predicted octanol–water partition coefficient (Wildman–Crippen LogP) is 5.07. The lowest BCUT2D eigenvalue weighted by Crippen LogP contribution is -2.51. The molecular formula is C22H42O6Si2. The Balaban J connectivity index is 3.20. The minimum atomic E-state index is -2.82. The van der Waals surface area contributed by atoms with Crippen molar-refractivity contribution in [3.63, 3.8) is 0 Å². The van der Waals surface area contributed by atoms with Gasteiger partial charge in [-0.3, -0.25) is 0 Å². The molecule has 0 aromatic heterocycles. The van der Waals surface area contributed by atoms with Crippen molar-refractivity contribution >= 4 is 17.6 Å². The standard InChI is InChI=1S/C22H42O6Si2/c1-9-23-29(24-10-2,25-11-3)19(7)21-15-17-22(18-16-21)20(8)30(26-12-4,27-13-5)28-14-6/h15-20H,9-14H2,1-8H3. The second-order valence-corrected chi connectivity index (χ2v) is 12.8. The molecule has 0 bridgehead atoms. The molecule has 0 aliphatic heterocycles. The molecule has 174 valence electrons. The molecule has 1 rings (SSSR count). The van der Waals surface area contributed by atoms with Crippen LogP contribution in [0.2, 0.25) is 0 Å². The summed E-state index contributed by atoms with van der Waals surface area (Å²) in [5, 5.41) is 0. The van der Waals surface area contributed by atoms with Crippen molar-refractivity contribution in [3.8, 4) is 0 Å². The topological polar surface area (TPSA) is 55.4 Å². The second-order valence-electron chi connectivity index (χ2n) is 6.92. The lowest BCUT2D eigenvalue weighted by atomic mass is 10.1. The van der Waals surface area contributed by atoms with Crippen LogP contribution in [0.3, 0.4) is 0 Å². The lowest BCUT2D eigenvalue weighted by Gasteiger charge is -2.35. The van der Waals surface area contributed by atoms with Crippen LogP contribution in [0, 0.1) is 0 Å². The summed E-state index contributed by atoms with van der Waals surface area (Å²) in [6.07, 6.45) is 0. The van der Waals surface area contributed by atoms with Gasteiger partial charge in [0.1, 0.15) is 0 Å². The Morgan fingerprint density at radius 2 is 0.700 bits per heavy atom. The molecule has 0 saturated heterocycles. The molecule has 0 N–H and O–H groups in total. The van der Waals surface area contributed by atoms with E-state index in [1.807, 2.05) is 41.5 Å². The second kappa shape index (κ2) is 13.7. The highest BCUT2D eigenvalue weighted by molar-refractivity contribution is 6.62. The van der Waals surface area contributed by atoms with E-state index in [0.29, 0.717) is 39.6 Å². The van der Waals surface area contributed by atoms with Crippen LogP contribution in [-0.4, -0.2) is 57.3 Å². The smallest absolute Gasteiger partial charge is 0.373 e. The van der Waals surface area contributed by atoms with Crippen molar-refractivity contribution in [3.05, 3.63) is 35.4 Å². The number of benzene rings is 1. The van der Waals surface area contributed by atoms with E-state index < -0.39 is 17.6 Å². The molecule has 8 heteroatoms. The highest BCUT2D eigenvalue weighted by Crippen LogP contribution is 2.33. The first-order valence-corrected chi connectivity index (χ1v) is 14.9. The van der Waals surface area contributed by atoms with Crippen molar-refractivity contribution in [1.82, 2.24) is 0 Å². The molecule has 0 aliphatic carbocycles. The van der Waals surface area contributed by atoms with Gasteiger partial charge >= 0.3 is 17.6 Å². The van der Waals surface area contributed by atoms with Crippen molar-refractivity contribution in [2.45, 2.75) is 66.5 Å². The fourth-order valence-electron chi connectivity index (χ4n) is 3.69. The van der Waals surface area contributed by atoms with E-state index in [0.717, 1.165) is 11.1 Å².